The Kier molecular flexibility index (Phi) is 9.23. The number of nitrogens with zero attached hydrogens (tertiary/aromatic N) is 2. The Balaban J connectivity index is 1.45. The number of carbonyl (C=O) groups is 2. The van der Waals surface area contributed by atoms with Crippen molar-refractivity contribution < 1.29 is 42.1 Å². The van der Waals surface area contributed by atoms with Gasteiger partial charge in [0.1, 0.15) is 5.75 Å². The first kappa shape index (κ1) is 28.6. The minimum absolute atomic E-state index is 0.0285. The lowest BCUT2D eigenvalue weighted by Crippen LogP contribution is -2.37. The first-order valence-corrected chi connectivity index (χ1v) is 13.9. The summed E-state index contributed by atoms with van der Waals surface area (Å²) >= 11 is 0. The number of amides is 1. The van der Waals surface area contributed by atoms with Gasteiger partial charge in [0.05, 0.1) is 37.9 Å². The highest BCUT2D eigenvalue weighted by Crippen LogP contribution is 2.33. The van der Waals surface area contributed by atoms with E-state index in [0.717, 1.165) is 9.87 Å². The number of benzene rings is 2. The highest BCUT2D eigenvalue weighted by atomic mass is 32.2. The first-order valence-electron chi connectivity index (χ1n) is 12.5. The summed E-state index contributed by atoms with van der Waals surface area (Å²) < 4.78 is 49.1. The van der Waals surface area contributed by atoms with Crippen molar-refractivity contribution in [3.8, 4) is 5.75 Å². The van der Waals surface area contributed by atoms with Gasteiger partial charge in [-0.05, 0) is 48.0 Å². The molecular weight excluding hydrogens is 528 g/mol. The molecule has 1 saturated heterocycles. The maximum absolute atomic E-state index is 13.2. The van der Waals surface area contributed by atoms with Gasteiger partial charge in [-0.1, -0.05) is 12.1 Å². The molecule has 2 heterocycles. The van der Waals surface area contributed by atoms with E-state index in [-0.39, 0.29) is 48.8 Å². The van der Waals surface area contributed by atoms with Crippen molar-refractivity contribution in [2.45, 2.75) is 23.5 Å². The molecule has 2 aliphatic heterocycles. The van der Waals surface area contributed by atoms with Crippen molar-refractivity contribution in [3.63, 3.8) is 0 Å². The van der Waals surface area contributed by atoms with Crippen molar-refractivity contribution >= 4 is 21.9 Å². The fourth-order valence-electron chi connectivity index (χ4n) is 4.18. The number of aliphatic hydroxyl groups is 1. The Morgan fingerprint density at radius 2 is 1.74 bits per heavy atom. The van der Waals surface area contributed by atoms with E-state index in [1.807, 2.05) is 0 Å². The summed E-state index contributed by atoms with van der Waals surface area (Å²) in [7, 11) is -1.09. The highest BCUT2D eigenvalue weighted by molar-refractivity contribution is 7.89. The summed E-state index contributed by atoms with van der Waals surface area (Å²) in [5.41, 5.74) is 1.27. The predicted octanol–water partition coefficient (Wildman–Crippen LogP) is 1.74. The smallest absolute Gasteiger partial charge is 0.337 e. The van der Waals surface area contributed by atoms with Crippen LogP contribution >= 0.6 is 0 Å². The monoisotopic (exact) mass is 560 g/mol. The van der Waals surface area contributed by atoms with Gasteiger partial charge in [-0.15, -0.1) is 0 Å². The molecule has 1 fully saturated rings. The van der Waals surface area contributed by atoms with E-state index >= 15 is 0 Å². The lowest BCUT2D eigenvalue weighted by molar-refractivity contribution is -0.149. The van der Waals surface area contributed by atoms with Crippen LogP contribution in [0.2, 0.25) is 0 Å². The largest absolute Gasteiger partial charge is 0.497 e. The fraction of sp³-hybridized carbons (Fsp3) is 0.407. The van der Waals surface area contributed by atoms with Crippen LogP contribution in [-0.4, -0.2) is 94.5 Å². The van der Waals surface area contributed by atoms with Gasteiger partial charge in [0.2, 0.25) is 16.3 Å². The van der Waals surface area contributed by atoms with E-state index < -0.39 is 22.3 Å². The summed E-state index contributed by atoms with van der Waals surface area (Å²) in [5, 5.41) is 9.49. The molecule has 39 heavy (non-hydrogen) atoms. The van der Waals surface area contributed by atoms with E-state index in [0.29, 0.717) is 30.8 Å². The molecule has 0 spiro atoms. The molecule has 2 aromatic rings. The minimum atomic E-state index is -3.90. The van der Waals surface area contributed by atoms with Crippen LogP contribution in [0, 0.1) is 0 Å². The van der Waals surface area contributed by atoms with E-state index in [2.05, 4.69) is 0 Å². The third kappa shape index (κ3) is 6.95. The van der Waals surface area contributed by atoms with Gasteiger partial charge in [0.15, 0.2) is 5.76 Å². The normalized spacial score (nSPS) is 18.8. The maximum Gasteiger partial charge on any atom is 0.337 e. The molecule has 2 aromatic carbocycles. The molecule has 2 atom stereocenters. The van der Waals surface area contributed by atoms with Gasteiger partial charge >= 0.3 is 5.97 Å². The van der Waals surface area contributed by atoms with Crippen LogP contribution in [0.15, 0.2) is 65.3 Å². The number of carbonyl (C=O) groups excluding carboxylic acids is 2. The van der Waals surface area contributed by atoms with E-state index in [9.17, 15) is 23.1 Å². The molecule has 0 radical (unpaired) electrons. The van der Waals surface area contributed by atoms with Crippen LogP contribution < -0.4 is 4.74 Å². The summed E-state index contributed by atoms with van der Waals surface area (Å²) in [4.78, 5) is 26.3. The average molecular weight is 561 g/mol. The number of esters is 1. The number of aliphatic hydroxyl groups excluding tert-OH is 1. The number of allylic oxidation sites excluding steroid dienone is 1. The van der Waals surface area contributed by atoms with E-state index in [1.54, 1.807) is 47.4 Å². The van der Waals surface area contributed by atoms with Crippen molar-refractivity contribution in [3.05, 3.63) is 71.5 Å². The topological polar surface area (TPSA) is 132 Å². The SMILES string of the molecule is COC(=O)c1ccc([C@H]2C=C(C(=O)N3CC3)O[C@@H](OCCN(CCO)S(=O)(=O)c3ccc(OC)cc3)C2)cc1. The van der Waals surface area contributed by atoms with E-state index in [1.165, 1.54) is 26.4 Å². The van der Waals surface area contributed by atoms with Gasteiger partial charge in [-0.2, -0.15) is 4.31 Å². The zero-order chi connectivity index (χ0) is 28.0. The first-order chi connectivity index (χ1) is 18.8. The maximum atomic E-state index is 13.2. The molecule has 12 heteroatoms. The van der Waals surface area contributed by atoms with E-state index in [4.69, 9.17) is 18.9 Å². The third-order valence-corrected chi connectivity index (χ3v) is 8.37. The Bertz CT molecular complexity index is 1290. The van der Waals surface area contributed by atoms with Gasteiger partial charge in [-0.3, -0.25) is 4.79 Å². The predicted molar refractivity (Wildman–Crippen MR) is 139 cm³/mol. The Morgan fingerprint density at radius 1 is 1.05 bits per heavy atom. The quantitative estimate of drug-likeness (QED) is 0.305. The summed E-state index contributed by atoms with van der Waals surface area (Å²) in [6.45, 7) is 0.768. The summed E-state index contributed by atoms with van der Waals surface area (Å²) in [6.07, 6.45) is 1.32. The van der Waals surface area contributed by atoms with Gasteiger partial charge < -0.3 is 29.0 Å². The zero-order valence-electron chi connectivity index (χ0n) is 21.8. The van der Waals surface area contributed by atoms with Crippen molar-refractivity contribution in [2.24, 2.45) is 0 Å². The Hall–Kier alpha value is -3.45. The van der Waals surface area contributed by atoms with Crippen LogP contribution in [0.1, 0.15) is 28.3 Å². The van der Waals surface area contributed by atoms with Crippen LogP contribution in [0.5, 0.6) is 5.75 Å². The number of ether oxygens (including phenoxy) is 4. The second-order valence-corrected chi connectivity index (χ2v) is 10.9. The van der Waals surface area contributed by atoms with Crippen molar-refractivity contribution in [2.75, 3.05) is 53.6 Å². The number of methoxy groups -OCH3 is 2. The molecule has 1 amide bonds. The lowest BCUT2D eigenvalue weighted by atomic mass is 9.92. The third-order valence-electron chi connectivity index (χ3n) is 6.45. The Morgan fingerprint density at radius 3 is 2.33 bits per heavy atom. The molecule has 0 unspecified atom stereocenters. The second-order valence-electron chi connectivity index (χ2n) is 9.00. The molecule has 4 rings (SSSR count). The van der Waals surface area contributed by atoms with Crippen molar-refractivity contribution in [1.82, 2.24) is 9.21 Å². The number of hydrogen-bond donors (Lipinski definition) is 1. The van der Waals surface area contributed by atoms with Crippen molar-refractivity contribution in [1.29, 1.82) is 0 Å². The summed E-state index contributed by atoms with van der Waals surface area (Å²) in [5.74, 6) is -0.214. The average Bonchev–Trinajstić information content (AvgIpc) is 3.81. The molecule has 11 nitrogen and oxygen atoms in total. The van der Waals surface area contributed by atoms with Crippen LogP contribution in [0.4, 0.5) is 0 Å². The van der Waals surface area contributed by atoms with Gasteiger partial charge in [0.25, 0.3) is 5.91 Å². The number of rotatable bonds is 12. The minimum Gasteiger partial charge on any atom is -0.497 e. The van der Waals surface area contributed by atoms with Crippen LogP contribution in [-0.2, 0) is 29.0 Å². The standard InChI is InChI=1S/C27H32N2O9S/c1-35-22-7-9-23(10-8-22)39(33,34)29(13-15-30)14-16-37-25-18-21(17-24(38-25)26(31)28-11-12-28)19-3-5-20(6-4-19)27(32)36-2/h3-10,17,21,25,30H,11-16,18H2,1-2H3/t21-,25+/m0/s1. The lowest BCUT2D eigenvalue weighted by Gasteiger charge is -2.30. The van der Waals surface area contributed by atoms with Crippen LogP contribution in [0.25, 0.3) is 0 Å². The molecule has 0 aromatic heterocycles. The molecule has 1 N–H and O–H groups in total. The number of hydrogen-bond acceptors (Lipinski definition) is 9. The van der Waals surface area contributed by atoms with Gasteiger partial charge in [0, 0.05) is 38.5 Å². The molecule has 0 aliphatic carbocycles. The van der Waals surface area contributed by atoms with Gasteiger partial charge in [-0.25, -0.2) is 13.2 Å². The second kappa shape index (κ2) is 12.6. The fourth-order valence-corrected chi connectivity index (χ4v) is 5.60. The molecule has 0 bridgehead atoms. The summed E-state index contributed by atoms with van der Waals surface area (Å²) in [6, 6.07) is 12.9. The Labute approximate surface area is 227 Å². The molecule has 0 saturated carbocycles. The number of sulfonamides is 1. The molecule has 210 valence electrons. The molecular formula is C27H32N2O9S. The van der Waals surface area contributed by atoms with Crippen LogP contribution in [0.3, 0.4) is 0 Å². The molecule has 2 aliphatic rings. The highest BCUT2D eigenvalue weighted by Gasteiger charge is 2.35. The zero-order valence-corrected chi connectivity index (χ0v) is 22.6.